The number of piperidine rings is 1. The number of ether oxygens (including phenoxy) is 1. The number of para-hydroxylation sites is 1. The van der Waals surface area contributed by atoms with E-state index in [1.165, 1.54) is 35.9 Å². The first-order valence-corrected chi connectivity index (χ1v) is 17.7. The lowest BCUT2D eigenvalue weighted by molar-refractivity contribution is -0.122. The van der Waals surface area contributed by atoms with E-state index in [2.05, 4.69) is 22.3 Å². The van der Waals surface area contributed by atoms with Crippen LogP contribution in [0.25, 0.3) is 17.0 Å². The number of amides is 3. The number of nitrogens with zero attached hydrogens (tertiary/aromatic N) is 4. The Labute approximate surface area is 302 Å². The Kier molecular flexibility index (Phi) is 10.9. The number of aromatic nitrogens is 1. The molecule has 2 aliphatic rings. The summed E-state index contributed by atoms with van der Waals surface area (Å²) < 4.78 is 6.31. The van der Waals surface area contributed by atoms with E-state index in [1.54, 1.807) is 37.1 Å². The molecular weight excluding hydrogens is 673 g/mol. The zero-order chi connectivity index (χ0) is 35.4. The Balaban J connectivity index is 1.10. The van der Waals surface area contributed by atoms with Gasteiger partial charge in [0.25, 0.3) is 0 Å². The molecule has 1 aromatic heterocycles. The number of hydrogen-bond donors (Lipinski definition) is 1. The minimum atomic E-state index is -0.409. The molecule has 0 saturated carbocycles. The number of hydrogen-bond acceptors (Lipinski definition) is 6. The van der Waals surface area contributed by atoms with Gasteiger partial charge in [0.15, 0.2) is 0 Å². The molecule has 1 fully saturated rings. The van der Waals surface area contributed by atoms with Crippen molar-refractivity contribution in [2.24, 2.45) is 0 Å². The van der Waals surface area contributed by atoms with Crippen LogP contribution in [0.1, 0.15) is 55.0 Å². The number of nitrogens with one attached hydrogen (secondary N) is 1. The number of pyridine rings is 1. The van der Waals surface area contributed by atoms with E-state index in [-0.39, 0.29) is 30.0 Å². The number of anilines is 3. The number of rotatable bonds is 9. The topological polar surface area (TPSA) is 95.1 Å². The molecule has 1 N–H and O–H groups in total. The molecule has 6 rings (SSSR count). The molecule has 3 aromatic carbocycles. The maximum Gasteiger partial charge on any atom is 0.246 e. The van der Waals surface area contributed by atoms with Crippen LogP contribution in [0.3, 0.4) is 0 Å². The van der Waals surface area contributed by atoms with Gasteiger partial charge in [0, 0.05) is 72.7 Å². The molecule has 1 saturated heterocycles. The van der Waals surface area contributed by atoms with E-state index >= 15 is 0 Å². The van der Waals surface area contributed by atoms with Gasteiger partial charge >= 0.3 is 0 Å². The Hall–Kier alpha value is -4.60. The van der Waals surface area contributed by atoms with Crippen LogP contribution in [0.5, 0.6) is 5.75 Å². The molecule has 0 bridgehead atoms. The molecule has 11 heteroatoms. The summed E-state index contributed by atoms with van der Waals surface area (Å²) in [5, 5.41) is 4.39. The second kappa shape index (κ2) is 15.5. The van der Waals surface area contributed by atoms with Crippen LogP contribution in [-0.4, -0.2) is 55.9 Å². The number of aryl methyl sites for hydroxylation is 2. The van der Waals surface area contributed by atoms with Crippen molar-refractivity contribution in [1.82, 2.24) is 10.3 Å². The van der Waals surface area contributed by atoms with Crippen LogP contribution in [-0.2, 0) is 27.4 Å². The third kappa shape index (κ3) is 7.74. The van der Waals surface area contributed by atoms with Crippen LogP contribution in [0.4, 0.5) is 17.1 Å². The molecule has 3 amide bonds. The average molecular weight is 715 g/mol. The molecule has 0 aliphatic carbocycles. The second-order valence-electron chi connectivity index (χ2n) is 12.8. The summed E-state index contributed by atoms with van der Waals surface area (Å²) in [5.41, 5.74) is 6.66. The summed E-state index contributed by atoms with van der Waals surface area (Å²) in [7, 11) is 1.60. The van der Waals surface area contributed by atoms with Gasteiger partial charge < -0.3 is 24.8 Å². The summed E-state index contributed by atoms with van der Waals surface area (Å²) in [5.74, 6) is -0.133. The first kappa shape index (κ1) is 35.2. The maximum atomic E-state index is 13.2. The van der Waals surface area contributed by atoms with Gasteiger partial charge in [-0.25, -0.2) is 4.98 Å². The zero-order valence-corrected chi connectivity index (χ0v) is 30.1. The maximum absolute atomic E-state index is 13.2. The van der Waals surface area contributed by atoms with Crippen LogP contribution in [0, 0.1) is 6.92 Å². The highest BCUT2D eigenvalue weighted by atomic mass is 35.5. The molecule has 0 atom stereocenters. The van der Waals surface area contributed by atoms with E-state index in [1.807, 2.05) is 37.3 Å². The molecule has 0 unspecified atom stereocenters. The van der Waals surface area contributed by atoms with Crippen molar-refractivity contribution in [2.45, 2.75) is 52.6 Å². The quantitative estimate of drug-likeness (QED) is 0.181. The van der Waals surface area contributed by atoms with Gasteiger partial charge in [-0.15, -0.1) is 0 Å². The normalized spacial score (nSPS) is 14.5. The number of likely N-dealkylation sites (N-methyl/N-ethyl adjacent to an activating group) is 1. The molecule has 0 radical (unpaired) electrons. The van der Waals surface area contributed by atoms with Crippen molar-refractivity contribution in [3.05, 3.63) is 93.1 Å². The van der Waals surface area contributed by atoms with Crippen molar-refractivity contribution < 1.29 is 19.1 Å². The van der Waals surface area contributed by atoms with Gasteiger partial charge in [0.1, 0.15) is 17.9 Å². The molecule has 9 nitrogen and oxygen atoms in total. The fourth-order valence-electron chi connectivity index (χ4n) is 6.66. The zero-order valence-electron chi connectivity index (χ0n) is 28.6. The van der Waals surface area contributed by atoms with Crippen molar-refractivity contribution in [3.8, 4) is 5.75 Å². The lowest BCUT2D eigenvalue weighted by atomic mass is 9.99. The summed E-state index contributed by atoms with van der Waals surface area (Å²) in [4.78, 5) is 48.2. The fraction of sp³-hybridized carbons (Fsp3) is 0.333. The van der Waals surface area contributed by atoms with Crippen LogP contribution in [0.15, 0.2) is 60.7 Å². The van der Waals surface area contributed by atoms with Crippen molar-refractivity contribution in [1.29, 1.82) is 0 Å². The Morgan fingerprint density at radius 3 is 2.56 bits per heavy atom. The first-order chi connectivity index (χ1) is 24.1. The highest BCUT2D eigenvalue weighted by Gasteiger charge is 2.22. The monoisotopic (exact) mass is 713 g/mol. The molecule has 260 valence electrons. The summed E-state index contributed by atoms with van der Waals surface area (Å²) in [6.07, 6.45) is 8.45. The summed E-state index contributed by atoms with van der Waals surface area (Å²) in [6, 6.07) is 17.2. The highest BCUT2D eigenvalue weighted by molar-refractivity contribution is 6.38. The lowest BCUT2D eigenvalue weighted by Crippen LogP contribution is -2.37. The largest absolute Gasteiger partial charge is 0.487 e. The van der Waals surface area contributed by atoms with Crippen molar-refractivity contribution >= 4 is 75.0 Å². The predicted octanol–water partition coefficient (Wildman–Crippen LogP) is 7.51. The van der Waals surface area contributed by atoms with Crippen LogP contribution < -0.4 is 24.8 Å². The Bertz CT molecular complexity index is 1970. The van der Waals surface area contributed by atoms with E-state index < -0.39 is 5.91 Å². The molecule has 50 heavy (non-hydrogen) atoms. The predicted molar refractivity (Wildman–Crippen MR) is 202 cm³/mol. The van der Waals surface area contributed by atoms with E-state index in [4.69, 9.17) is 32.9 Å². The van der Waals surface area contributed by atoms with Crippen LogP contribution >= 0.6 is 23.2 Å². The van der Waals surface area contributed by atoms with Gasteiger partial charge in [0.2, 0.25) is 17.7 Å². The van der Waals surface area contributed by atoms with E-state index in [9.17, 15) is 14.4 Å². The summed E-state index contributed by atoms with van der Waals surface area (Å²) in [6.45, 7) is 6.14. The molecule has 4 aromatic rings. The Morgan fingerprint density at radius 2 is 1.78 bits per heavy atom. The lowest BCUT2D eigenvalue weighted by Gasteiger charge is -2.30. The summed E-state index contributed by atoms with van der Waals surface area (Å²) >= 11 is 13.4. The van der Waals surface area contributed by atoms with E-state index in [0.717, 1.165) is 59.3 Å². The number of carbonyl (C=O) groups is 3. The van der Waals surface area contributed by atoms with Gasteiger partial charge in [-0.05, 0) is 92.6 Å². The third-order valence-electron chi connectivity index (χ3n) is 9.32. The second-order valence-corrected chi connectivity index (χ2v) is 13.6. The number of halogens is 2. The number of carbonyl (C=O) groups excluding carboxylic acids is 3. The molecule has 3 heterocycles. The van der Waals surface area contributed by atoms with Crippen molar-refractivity contribution in [2.75, 3.05) is 47.9 Å². The average Bonchev–Trinajstić information content (AvgIpc) is 3.12. The smallest absolute Gasteiger partial charge is 0.246 e. The standard InChI is InChI=1S/C39H41Cl2N5O4/c1-25-21-34(45-18-5-4-6-19-45)29-10-7-11-35(39(29)43-25)50-24-30-31(40)14-16-33(38(30)41)44(3)37(49)23-42-36(48)17-13-27-12-15-32-28(22-27)9-8-20-46(32)26(2)47/h7,10-17,21-22H,4-6,8-9,18-20,23-24H2,1-3H3,(H,42,48). The molecule has 2 aliphatic heterocycles. The number of fused-ring (bicyclic) bond motifs is 2. The van der Waals surface area contributed by atoms with Gasteiger partial charge in [0.05, 0.1) is 17.3 Å². The SMILES string of the molecule is CC(=O)N1CCCc2cc(C=CC(=O)NCC(=O)N(C)c3ccc(Cl)c(COc4cccc5c(N6CCCCC6)cc(C)nc45)c3Cl)ccc21. The van der Waals surface area contributed by atoms with Gasteiger partial charge in [-0.1, -0.05) is 41.4 Å². The fourth-order valence-corrected chi connectivity index (χ4v) is 7.27. The first-order valence-electron chi connectivity index (χ1n) is 17.0. The highest BCUT2D eigenvalue weighted by Crippen LogP contribution is 2.37. The minimum Gasteiger partial charge on any atom is -0.487 e. The Morgan fingerprint density at radius 1 is 0.980 bits per heavy atom. The van der Waals surface area contributed by atoms with Gasteiger partial charge in [-0.2, -0.15) is 0 Å². The van der Waals surface area contributed by atoms with Crippen molar-refractivity contribution in [3.63, 3.8) is 0 Å². The minimum absolute atomic E-state index is 0.0164. The van der Waals surface area contributed by atoms with Crippen LogP contribution in [0.2, 0.25) is 10.0 Å². The van der Waals surface area contributed by atoms with Gasteiger partial charge in [-0.3, -0.25) is 14.4 Å². The molecular formula is C39H41Cl2N5O4. The third-order valence-corrected chi connectivity index (χ3v) is 10.1. The molecule has 0 spiro atoms. The van der Waals surface area contributed by atoms with E-state index in [0.29, 0.717) is 28.6 Å². The number of benzene rings is 3.